The molecule has 0 bridgehead atoms. The van der Waals surface area contributed by atoms with E-state index >= 15 is 0 Å². The molecule has 0 saturated carbocycles. The second kappa shape index (κ2) is 6.76. The monoisotopic (exact) mass is 269 g/mol. The summed E-state index contributed by atoms with van der Waals surface area (Å²) in [5.41, 5.74) is 7.59. The van der Waals surface area contributed by atoms with Crippen LogP contribution in [-0.2, 0) is 6.42 Å². The molecule has 0 heterocycles. The number of ketones is 1. The van der Waals surface area contributed by atoms with Gasteiger partial charge in [-0.25, -0.2) is 0 Å². The molecule has 2 rings (SSSR count). The van der Waals surface area contributed by atoms with E-state index in [1.165, 1.54) is 0 Å². The van der Waals surface area contributed by atoms with Gasteiger partial charge in [0.15, 0.2) is 5.78 Å². The predicted octanol–water partition coefficient (Wildman–Crippen LogP) is 2.74. The minimum atomic E-state index is -0.325. The Labute approximate surface area is 114 Å². The van der Waals surface area contributed by atoms with Crippen LogP contribution < -0.4 is 10.5 Å². The van der Waals surface area contributed by atoms with Crippen LogP contribution in [0.5, 0.6) is 5.75 Å². The lowest BCUT2D eigenvalue weighted by Crippen LogP contribution is -2.35. The average molecular weight is 270 g/mol. The van der Waals surface area contributed by atoms with Crippen molar-refractivity contribution in [1.82, 2.24) is 0 Å². The number of halogens is 1. The molecule has 0 aromatic heterocycles. The molecule has 0 spiro atoms. The Morgan fingerprint density at radius 3 is 2.94 bits per heavy atom. The van der Waals surface area contributed by atoms with Crippen molar-refractivity contribution < 1.29 is 9.53 Å². The Balaban J connectivity index is 0.00000162. The lowest BCUT2D eigenvalue weighted by Gasteiger charge is -2.20. The normalized spacial score (nSPS) is 17.9. The first-order chi connectivity index (χ1) is 8.22. The zero-order chi connectivity index (χ0) is 12.3. The molecule has 2 N–H and O–H groups in total. The topological polar surface area (TPSA) is 52.3 Å². The van der Waals surface area contributed by atoms with Gasteiger partial charge in [0, 0.05) is 5.56 Å². The highest BCUT2D eigenvalue weighted by Crippen LogP contribution is 2.25. The molecule has 0 radical (unpaired) electrons. The van der Waals surface area contributed by atoms with Crippen molar-refractivity contribution in [3.63, 3.8) is 0 Å². The van der Waals surface area contributed by atoms with Gasteiger partial charge in [0.2, 0.25) is 0 Å². The second-order valence-corrected chi connectivity index (χ2v) is 4.53. The van der Waals surface area contributed by atoms with Crippen LogP contribution in [0.2, 0.25) is 0 Å². The van der Waals surface area contributed by atoms with E-state index in [-0.39, 0.29) is 24.2 Å². The summed E-state index contributed by atoms with van der Waals surface area (Å²) in [6, 6.07) is 5.37. The number of carbonyl (C=O) groups is 1. The molecular weight excluding hydrogens is 250 g/mol. The number of hydrogen-bond donors (Lipinski definition) is 1. The first-order valence-electron chi connectivity index (χ1n) is 6.28. The number of benzene rings is 1. The zero-order valence-electron chi connectivity index (χ0n) is 10.6. The van der Waals surface area contributed by atoms with Crippen LogP contribution in [0.15, 0.2) is 18.2 Å². The van der Waals surface area contributed by atoms with E-state index in [4.69, 9.17) is 10.5 Å². The molecule has 0 amide bonds. The SMILES string of the molecule is CCCCOc1ccc2c(c1)CCC(N)C2=O.Cl. The van der Waals surface area contributed by atoms with Gasteiger partial charge in [-0.2, -0.15) is 0 Å². The van der Waals surface area contributed by atoms with Gasteiger partial charge in [-0.15, -0.1) is 12.4 Å². The van der Waals surface area contributed by atoms with Crippen molar-refractivity contribution in [2.24, 2.45) is 5.73 Å². The van der Waals surface area contributed by atoms with Gasteiger partial charge in [-0.05, 0) is 43.0 Å². The Morgan fingerprint density at radius 1 is 1.44 bits per heavy atom. The molecule has 1 atom stereocenters. The largest absolute Gasteiger partial charge is 0.494 e. The number of rotatable bonds is 4. The lowest BCUT2D eigenvalue weighted by molar-refractivity contribution is 0.0948. The third-order valence-electron chi connectivity index (χ3n) is 3.17. The molecule has 4 heteroatoms. The van der Waals surface area contributed by atoms with E-state index in [2.05, 4.69) is 6.92 Å². The van der Waals surface area contributed by atoms with Crippen molar-refractivity contribution in [2.75, 3.05) is 6.61 Å². The lowest BCUT2D eigenvalue weighted by atomic mass is 9.87. The summed E-state index contributed by atoms with van der Waals surface area (Å²) >= 11 is 0. The summed E-state index contributed by atoms with van der Waals surface area (Å²) in [6.07, 6.45) is 3.79. The smallest absolute Gasteiger partial charge is 0.179 e. The van der Waals surface area contributed by atoms with Gasteiger partial charge in [-0.3, -0.25) is 4.79 Å². The maximum atomic E-state index is 11.8. The fraction of sp³-hybridized carbons (Fsp3) is 0.500. The molecule has 1 aliphatic rings. The number of Topliss-reactive ketones (excluding diaryl/α,β-unsaturated/α-hetero) is 1. The van der Waals surface area contributed by atoms with E-state index in [9.17, 15) is 4.79 Å². The zero-order valence-corrected chi connectivity index (χ0v) is 11.5. The fourth-order valence-corrected chi connectivity index (χ4v) is 2.08. The van der Waals surface area contributed by atoms with Gasteiger partial charge in [-0.1, -0.05) is 13.3 Å². The molecule has 1 aromatic carbocycles. The Morgan fingerprint density at radius 2 is 2.22 bits per heavy atom. The summed E-state index contributed by atoms with van der Waals surface area (Å²) in [6.45, 7) is 2.87. The van der Waals surface area contributed by atoms with E-state index < -0.39 is 0 Å². The van der Waals surface area contributed by atoms with Crippen molar-refractivity contribution in [2.45, 2.75) is 38.6 Å². The maximum Gasteiger partial charge on any atom is 0.179 e. The first kappa shape index (κ1) is 15.0. The molecule has 1 unspecified atom stereocenters. The van der Waals surface area contributed by atoms with Crippen LogP contribution in [0, 0.1) is 0 Å². The number of aryl methyl sites for hydroxylation is 1. The molecule has 3 nitrogen and oxygen atoms in total. The summed E-state index contributed by atoms with van der Waals surface area (Å²) in [5, 5.41) is 0. The number of hydrogen-bond acceptors (Lipinski definition) is 3. The first-order valence-corrected chi connectivity index (χ1v) is 6.28. The van der Waals surface area contributed by atoms with E-state index in [0.717, 1.165) is 49.2 Å². The van der Waals surface area contributed by atoms with Gasteiger partial charge < -0.3 is 10.5 Å². The molecular formula is C14H20ClNO2. The molecule has 18 heavy (non-hydrogen) atoms. The van der Waals surface area contributed by atoms with Crippen LogP contribution >= 0.6 is 12.4 Å². The summed E-state index contributed by atoms with van der Waals surface area (Å²) in [4.78, 5) is 11.8. The predicted molar refractivity (Wildman–Crippen MR) is 74.7 cm³/mol. The van der Waals surface area contributed by atoms with Gasteiger partial charge in [0.05, 0.1) is 12.6 Å². The third-order valence-corrected chi connectivity index (χ3v) is 3.17. The highest BCUT2D eigenvalue weighted by atomic mass is 35.5. The van der Waals surface area contributed by atoms with Crippen molar-refractivity contribution >= 4 is 18.2 Å². The highest BCUT2D eigenvalue weighted by molar-refractivity contribution is 6.02. The van der Waals surface area contributed by atoms with Crippen LogP contribution in [0.3, 0.4) is 0 Å². The number of fused-ring (bicyclic) bond motifs is 1. The Kier molecular flexibility index (Phi) is 5.63. The van der Waals surface area contributed by atoms with E-state index in [0.29, 0.717) is 0 Å². The third kappa shape index (κ3) is 3.24. The maximum absolute atomic E-state index is 11.8. The fourth-order valence-electron chi connectivity index (χ4n) is 2.08. The number of carbonyl (C=O) groups excluding carboxylic acids is 1. The molecule has 100 valence electrons. The number of nitrogens with two attached hydrogens (primary N) is 1. The Bertz CT molecular complexity index is 420. The van der Waals surface area contributed by atoms with Gasteiger partial charge in [0.1, 0.15) is 5.75 Å². The van der Waals surface area contributed by atoms with Crippen molar-refractivity contribution in [1.29, 1.82) is 0 Å². The van der Waals surface area contributed by atoms with Crippen molar-refractivity contribution in [3.05, 3.63) is 29.3 Å². The highest BCUT2D eigenvalue weighted by Gasteiger charge is 2.24. The van der Waals surface area contributed by atoms with E-state index in [1.807, 2.05) is 18.2 Å². The van der Waals surface area contributed by atoms with Gasteiger partial charge >= 0.3 is 0 Å². The molecule has 1 aromatic rings. The molecule has 0 fully saturated rings. The molecule has 0 aliphatic heterocycles. The van der Waals surface area contributed by atoms with Crippen LogP contribution in [0.4, 0.5) is 0 Å². The van der Waals surface area contributed by atoms with E-state index in [1.54, 1.807) is 0 Å². The summed E-state index contributed by atoms with van der Waals surface area (Å²) < 4.78 is 5.63. The quantitative estimate of drug-likeness (QED) is 0.855. The summed E-state index contributed by atoms with van der Waals surface area (Å²) in [5.74, 6) is 0.923. The van der Waals surface area contributed by atoms with Crippen LogP contribution in [-0.4, -0.2) is 18.4 Å². The standard InChI is InChI=1S/C14H19NO2.ClH/c1-2-3-8-17-11-5-6-12-10(9-11)4-7-13(15)14(12)16;/h5-6,9,13H,2-4,7-8,15H2,1H3;1H. The molecule has 1 aliphatic carbocycles. The average Bonchev–Trinajstić information content (AvgIpc) is 2.34. The minimum absolute atomic E-state index is 0. The number of ether oxygens (including phenoxy) is 1. The van der Waals surface area contributed by atoms with Gasteiger partial charge in [0.25, 0.3) is 0 Å². The second-order valence-electron chi connectivity index (χ2n) is 4.53. The minimum Gasteiger partial charge on any atom is -0.494 e. The number of unbranched alkanes of at least 4 members (excludes halogenated alkanes) is 1. The molecule has 0 saturated heterocycles. The van der Waals surface area contributed by atoms with Crippen LogP contribution in [0.1, 0.15) is 42.1 Å². The van der Waals surface area contributed by atoms with Crippen molar-refractivity contribution in [3.8, 4) is 5.75 Å². The summed E-state index contributed by atoms with van der Waals surface area (Å²) in [7, 11) is 0. The Hall–Kier alpha value is -1.06. The van der Waals surface area contributed by atoms with Crippen LogP contribution in [0.25, 0.3) is 0 Å².